The van der Waals surface area contributed by atoms with Crippen LogP contribution in [0.15, 0.2) is 18.3 Å². The molecule has 0 spiro atoms. The van der Waals surface area contributed by atoms with E-state index in [2.05, 4.69) is 9.88 Å². The van der Waals surface area contributed by atoms with Gasteiger partial charge in [0.2, 0.25) is 0 Å². The summed E-state index contributed by atoms with van der Waals surface area (Å²) in [6.07, 6.45) is 4.07. The van der Waals surface area contributed by atoms with Crippen LogP contribution in [0, 0.1) is 5.92 Å². The third-order valence-corrected chi connectivity index (χ3v) is 3.28. The Morgan fingerprint density at radius 1 is 1.47 bits per heavy atom. The van der Waals surface area contributed by atoms with E-state index in [0.29, 0.717) is 5.92 Å². The highest BCUT2D eigenvalue weighted by Crippen LogP contribution is 2.26. The number of halogens is 1. The summed E-state index contributed by atoms with van der Waals surface area (Å²) < 4.78 is 0. The first kappa shape index (κ1) is 10.7. The summed E-state index contributed by atoms with van der Waals surface area (Å²) in [5.74, 6) is 1.58. The van der Waals surface area contributed by atoms with Crippen LogP contribution in [0.5, 0.6) is 0 Å². The maximum Gasteiger partial charge on any atom is 0.147 e. The van der Waals surface area contributed by atoms with E-state index in [9.17, 15) is 0 Å². The molecule has 2 N–H and O–H groups in total. The molecule has 0 aliphatic carbocycles. The molecule has 0 radical (unpaired) electrons. The lowest BCUT2D eigenvalue weighted by Gasteiger charge is -2.32. The average molecular weight is 226 g/mol. The molecule has 82 valence electrons. The molecule has 0 unspecified atom stereocenters. The first-order chi connectivity index (χ1) is 7.31. The van der Waals surface area contributed by atoms with Gasteiger partial charge in [-0.3, -0.25) is 0 Å². The van der Waals surface area contributed by atoms with Crippen molar-refractivity contribution in [2.45, 2.75) is 12.8 Å². The smallest absolute Gasteiger partial charge is 0.147 e. The molecule has 4 heteroatoms. The lowest BCUT2D eigenvalue weighted by atomic mass is 9.97. The number of hydrogen-bond acceptors (Lipinski definition) is 3. The molecular weight excluding hydrogens is 210 g/mol. The minimum absolute atomic E-state index is 0.670. The molecule has 1 aliphatic rings. The van der Waals surface area contributed by atoms with E-state index >= 15 is 0 Å². The Kier molecular flexibility index (Phi) is 3.44. The third kappa shape index (κ3) is 2.41. The van der Waals surface area contributed by atoms with Gasteiger partial charge in [-0.05, 0) is 37.4 Å². The predicted molar refractivity (Wildman–Crippen MR) is 63.2 cm³/mol. The molecule has 2 heterocycles. The summed E-state index contributed by atoms with van der Waals surface area (Å²) in [7, 11) is 0. The van der Waals surface area contributed by atoms with Crippen LogP contribution in [0.4, 0.5) is 5.82 Å². The Labute approximate surface area is 95.2 Å². The Balaban J connectivity index is 2.04. The van der Waals surface area contributed by atoms with Gasteiger partial charge in [0, 0.05) is 19.3 Å². The van der Waals surface area contributed by atoms with E-state index in [1.165, 1.54) is 0 Å². The molecule has 1 saturated heterocycles. The van der Waals surface area contributed by atoms with Crippen LogP contribution in [-0.4, -0.2) is 24.6 Å². The van der Waals surface area contributed by atoms with E-state index in [1.807, 2.05) is 12.1 Å². The molecule has 0 saturated carbocycles. The van der Waals surface area contributed by atoms with Crippen molar-refractivity contribution in [3.8, 4) is 0 Å². The van der Waals surface area contributed by atoms with Crippen LogP contribution < -0.4 is 10.6 Å². The summed E-state index contributed by atoms with van der Waals surface area (Å²) in [5, 5.41) is 0.740. The van der Waals surface area contributed by atoms with Gasteiger partial charge in [0.15, 0.2) is 0 Å². The molecule has 1 aromatic heterocycles. The van der Waals surface area contributed by atoms with Crippen LogP contribution in [-0.2, 0) is 0 Å². The Morgan fingerprint density at radius 3 is 2.80 bits per heavy atom. The van der Waals surface area contributed by atoms with Crippen molar-refractivity contribution in [1.82, 2.24) is 4.98 Å². The molecule has 2 rings (SSSR count). The molecule has 0 amide bonds. The molecule has 15 heavy (non-hydrogen) atoms. The highest BCUT2D eigenvalue weighted by atomic mass is 35.5. The molecule has 0 bridgehead atoms. The summed E-state index contributed by atoms with van der Waals surface area (Å²) in [6.45, 7) is 2.82. The molecule has 1 aromatic rings. The second-order valence-corrected chi connectivity index (χ2v) is 4.38. The van der Waals surface area contributed by atoms with E-state index in [4.69, 9.17) is 17.3 Å². The Bertz CT molecular complexity index is 321. The van der Waals surface area contributed by atoms with E-state index in [-0.39, 0.29) is 0 Å². The summed E-state index contributed by atoms with van der Waals surface area (Å²) >= 11 is 6.10. The van der Waals surface area contributed by atoms with Gasteiger partial charge in [0.05, 0.1) is 5.02 Å². The molecular formula is C11H16ClN3. The first-order valence-electron chi connectivity index (χ1n) is 5.37. The van der Waals surface area contributed by atoms with Crippen molar-refractivity contribution in [3.05, 3.63) is 23.4 Å². The SMILES string of the molecule is NCC1CCN(c2ncccc2Cl)CC1. The van der Waals surface area contributed by atoms with E-state index in [1.54, 1.807) is 6.20 Å². The van der Waals surface area contributed by atoms with Crippen molar-refractivity contribution < 1.29 is 0 Å². The van der Waals surface area contributed by atoms with Crippen LogP contribution in [0.3, 0.4) is 0 Å². The number of pyridine rings is 1. The number of nitrogens with two attached hydrogens (primary N) is 1. The summed E-state index contributed by atoms with van der Waals surface area (Å²) in [6, 6.07) is 3.75. The fourth-order valence-corrected chi connectivity index (χ4v) is 2.23. The highest BCUT2D eigenvalue weighted by molar-refractivity contribution is 6.32. The Morgan fingerprint density at radius 2 is 2.20 bits per heavy atom. The van der Waals surface area contributed by atoms with Gasteiger partial charge < -0.3 is 10.6 Å². The minimum Gasteiger partial charge on any atom is -0.355 e. The highest BCUT2D eigenvalue weighted by Gasteiger charge is 2.20. The fourth-order valence-electron chi connectivity index (χ4n) is 1.99. The second-order valence-electron chi connectivity index (χ2n) is 3.97. The van der Waals surface area contributed by atoms with Crippen LogP contribution in [0.1, 0.15) is 12.8 Å². The maximum absolute atomic E-state index is 6.10. The molecule has 0 atom stereocenters. The number of hydrogen-bond donors (Lipinski definition) is 1. The number of piperidine rings is 1. The van der Waals surface area contributed by atoms with Crippen molar-refractivity contribution in [3.63, 3.8) is 0 Å². The van der Waals surface area contributed by atoms with Crippen molar-refractivity contribution in [1.29, 1.82) is 0 Å². The second kappa shape index (κ2) is 4.81. The quantitative estimate of drug-likeness (QED) is 0.836. The van der Waals surface area contributed by atoms with Gasteiger partial charge in [-0.1, -0.05) is 11.6 Å². The van der Waals surface area contributed by atoms with Gasteiger partial charge in [-0.15, -0.1) is 0 Å². The van der Waals surface area contributed by atoms with Crippen molar-refractivity contribution >= 4 is 17.4 Å². The monoisotopic (exact) mass is 225 g/mol. The first-order valence-corrected chi connectivity index (χ1v) is 5.74. The predicted octanol–water partition coefficient (Wildman–Crippen LogP) is 1.91. The fraction of sp³-hybridized carbons (Fsp3) is 0.545. The van der Waals surface area contributed by atoms with E-state index in [0.717, 1.165) is 43.3 Å². The summed E-state index contributed by atoms with van der Waals surface area (Å²) in [5.41, 5.74) is 5.66. The zero-order valence-corrected chi connectivity index (χ0v) is 9.45. The zero-order valence-electron chi connectivity index (χ0n) is 8.69. The van der Waals surface area contributed by atoms with Gasteiger partial charge in [-0.25, -0.2) is 4.98 Å². The third-order valence-electron chi connectivity index (χ3n) is 2.99. The van der Waals surface area contributed by atoms with Crippen LogP contribution in [0.25, 0.3) is 0 Å². The van der Waals surface area contributed by atoms with E-state index < -0.39 is 0 Å². The number of nitrogens with zero attached hydrogens (tertiary/aromatic N) is 2. The zero-order chi connectivity index (χ0) is 10.7. The van der Waals surface area contributed by atoms with Gasteiger partial charge in [0.1, 0.15) is 5.82 Å². The van der Waals surface area contributed by atoms with Crippen molar-refractivity contribution in [2.24, 2.45) is 11.7 Å². The van der Waals surface area contributed by atoms with Gasteiger partial charge in [0.25, 0.3) is 0 Å². The minimum atomic E-state index is 0.670. The summed E-state index contributed by atoms with van der Waals surface area (Å²) in [4.78, 5) is 6.56. The lowest BCUT2D eigenvalue weighted by molar-refractivity contribution is 0.413. The average Bonchev–Trinajstić information content (AvgIpc) is 2.30. The number of anilines is 1. The standard InChI is InChI=1S/C11H16ClN3/c12-10-2-1-5-14-11(10)15-6-3-9(8-13)4-7-15/h1-2,5,9H,3-4,6-8,13H2. The maximum atomic E-state index is 6.10. The lowest BCUT2D eigenvalue weighted by Crippen LogP contribution is -2.36. The van der Waals surface area contributed by atoms with Gasteiger partial charge in [-0.2, -0.15) is 0 Å². The molecule has 0 aromatic carbocycles. The number of aromatic nitrogens is 1. The Hall–Kier alpha value is -0.800. The largest absolute Gasteiger partial charge is 0.355 e. The normalized spacial score (nSPS) is 18.1. The molecule has 3 nitrogen and oxygen atoms in total. The topological polar surface area (TPSA) is 42.1 Å². The number of rotatable bonds is 2. The van der Waals surface area contributed by atoms with Crippen LogP contribution in [0.2, 0.25) is 5.02 Å². The van der Waals surface area contributed by atoms with Crippen molar-refractivity contribution in [2.75, 3.05) is 24.5 Å². The molecule has 1 aliphatic heterocycles. The van der Waals surface area contributed by atoms with Crippen LogP contribution >= 0.6 is 11.6 Å². The van der Waals surface area contributed by atoms with Gasteiger partial charge >= 0.3 is 0 Å². The molecule has 1 fully saturated rings.